The van der Waals surface area contributed by atoms with Crippen LogP contribution < -0.4 is 15.4 Å². The van der Waals surface area contributed by atoms with E-state index in [1.807, 2.05) is 20.8 Å². The zero-order valence-corrected chi connectivity index (χ0v) is 17.8. The predicted molar refractivity (Wildman–Crippen MR) is 107 cm³/mol. The number of aliphatic imine (C=N–C) groups is 1. The summed E-state index contributed by atoms with van der Waals surface area (Å²) in [6, 6.07) is 4.47. The summed E-state index contributed by atoms with van der Waals surface area (Å²) < 4.78 is 34.8. The molecule has 0 unspecified atom stereocenters. The first kappa shape index (κ1) is 24.1. The number of hydrogen-bond donors (Lipinski definition) is 2. The van der Waals surface area contributed by atoms with Crippen LogP contribution in [0.3, 0.4) is 0 Å². The topological polar surface area (TPSA) is 54.9 Å². The van der Waals surface area contributed by atoms with Gasteiger partial charge in [0.05, 0.1) is 12.1 Å². The Labute approximate surface area is 169 Å². The van der Waals surface area contributed by atoms with Crippen LogP contribution in [0.25, 0.3) is 0 Å². The Balaban J connectivity index is 0.00000576. The number of nitrogens with one attached hydrogen (secondary N) is 2. The van der Waals surface area contributed by atoms with E-state index in [2.05, 4.69) is 20.4 Å². The highest BCUT2D eigenvalue weighted by atomic mass is 127. The van der Waals surface area contributed by atoms with E-state index in [-0.39, 0.29) is 41.9 Å². The Bertz CT molecular complexity index is 560. The molecule has 0 aromatic heterocycles. The Hall–Kier alpha value is -0.870. The fraction of sp³-hybridized carbons (Fsp3) is 0.562. The van der Waals surface area contributed by atoms with Crippen molar-refractivity contribution in [2.75, 3.05) is 20.2 Å². The van der Waals surface area contributed by atoms with Crippen molar-refractivity contribution < 1.29 is 18.3 Å². The lowest BCUT2D eigenvalue weighted by molar-refractivity contribution is -0.0504. The van der Waals surface area contributed by atoms with Crippen molar-refractivity contribution in [1.82, 2.24) is 10.6 Å². The summed E-state index contributed by atoms with van der Waals surface area (Å²) in [5, 5.41) is 6.67. The predicted octanol–water partition coefficient (Wildman–Crippen LogP) is 4.04. The van der Waals surface area contributed by atoms with Crippen LogP contribution in [0.5, 0.6) is 5.75 Å². The molecule has 1 aromatic carbocycles. The first-order chi connectivity index (χ1) is 11.3. The van der Waals surface area contributed by atoms with Crippen molar-refractivity contribution in [2.45, 2.75) is 39.5 Å². The summed E-state index contributed by atoms with van der Waals surface area (Å²) in [4.78, 5) is 4.39. The van der Waals surface area contributed by atoms with Crippen molar-refractivity contribution >= 4 is 41.5 Å². The van der Waals surface area contributed by atoms with E-state index in [0.717, 1.165) is 0 Å². The highest BCUT2D eigenvalue weighted by molar-refractivity contribution is 14.0. The standard InChI is InChI=1S/C16H24ClF2N3O2.HI/c1-5-20-15(22-10-16(2,3)23-4)21-9-11-8-12(17)6-7-13(11)24-14(18)19;/h6-8,14H,5,9-10H2,1-4H3,(H2,20,21,22);1H. The highest BCUT2D eigenvalue weighted by Crippen LogP contribution is 2.25. The molecule has 0 radical (unpaired) electrons. The van der Waals surface area contributed by atoms with Gasteiger partial charge in [-0.2, -0.15) is 8.78 Å². The van der Waals surface area contributed by atoms with Crippen LogP contribution in [0, 0.1) is 0 Å². The average Bonchev–Trinajstić information content (AvgIpc) is 2.52. The zero-order chi connectivity index (χ0) is 18.2. The molecule has 0 fully saturated rings. The molecule has 9 heteroatoms. The van der Waals surface area contributed by atoms with E-state index in [1.54, 1.807) is 13.2 Å². The maximum absolute atomic E-state index is 12.5. The molecule has 0 amide bonds. The number of nitrogens with zero attached hydrogens (tertiary/aromatic N) is 1. The Morgan fingerprint density at radius 2 is 2.00 bits per heavy atom. The van der Waals surface area contributed by atoms with Crippen molar-refractivity contribution in [3.05, 3.63) is 28.8 Å². The number of benzene rings is 1. The molecule has 0 aliphatic heterocycles. The minimum Gasteiger partial charge on any atom is -0.434 e. The number of halogens is 4. The number of hydrogen-bond acceptors (Lipinski definition) is 3. The smallest absolute Gasteiger partial charge is 0.387 e. The lowest BCUT2D eigenvalue weighted by atomic mass is 10.1. The molecule has 0 bridgehead atoms. The quantitative estimate of drug-likeness (QED) is 0.327. The van der Waals surface area contributed by atoms with E-state index in [4.69, 9.17) is 16.3 Å². The maximum atomic E-state index is 12.5. The number of ether oxygens (including phenoxy) is 2. The second-order valence-corrected chi connectivity index (χ2v) is 6.08. The summed E-state index contributed by atoms with van der Waals surface area (Å²) in [7, 11) is 1.63. The molecule has 0 aliphatic carbocycles. The van der Waals surface area contributed by atoms with Gasteiger partial charge in [-0.1, -0.05) is 11.6 Å². The SMILES string of the molecule is CCNC(=NCc1cc(Cl)ccc1OC(F)F)NCC(C)(C)OC.I. The number of methoxy groups -OCH3 is 1. The fourth-order valence-corrected chi connectivity index (χ4v) is 1.95. The summed E-state index contributed by atoms with van der Waals surface area (Å²) in [5.41, 5.74) is 0.113. The second-order valence-electron chi connectivity index (χ2n) is 5.64. The molecule has 25 heavy (non-hydrogen) atoms. The van der Waals surface area contributed by atoms with Crippen LogP contribution in [0.15, 0.2) is 23.2 Å². The molecular formula is C16H25ClF2IN3O2. The summed E-state index contributed by atoms with van der Waals surface area (Å²) in [6.45, 7) is 4.25. The van der Waals surface area contributed by atoms with Gasteiger partial charge in [0, 0.05) is 30.8 Å². The van der Waals surface area contributed by atoms with Gasteiger partial charge in [-0.05, 0) is 39.0 Å². The third kappa shape index (κ3) is 9.41. The number of guanidine groups is 1. The first-order valence-corrected chi connectivity index (χ1v) is 7.95. The van der Waals surface area contributed by atoms with E-state index in [0.29, 0.717) is 29.6 Å². The number of alkyl halides is 2. The first-order valence-electron chi connectivity index (χ1n) is 7.58. The van der Waals surface area contributed by atoms with Crippen LogP contribution in [0.4, 0.5) is 8.78 Å². The van der Waals surface area contributed by atoms with Crippen molar-refractivity contribution in [1.29, 1.82) is 0 Å². The largest absolute Gasteiger partial charge is 0.434 e. The Morgan fingerprint density at radius 1 is 1.32 bits per heavy atom. The second kappa shape index (κ2) is 11.7. The molecule has 1 rings (SSSR count). The van der Waals surface area contributed by atoms with E-state index < -0.39 is 6.61 Å². The molecule has 5 nitrogen and oxygen atoms in total. The van der Waals surface area contributed by atoms with E-state index in [9.17, 15) is 8.78 Å². The average molecular weight is 492 g/mol. The maximum Gasteiger partial charge on any atom is 0.387 e. The summed E-state index contributed by atoms with van der Waals surface area (Å²) in [5.74, 6) is 0.608. The van der Waals surface area contributed by atoms with Gasteiger partial charge in [0.15, 0.2) is 5.96 Å². The third-order valence-corrected chi connectivity index (χ3v) is 3.46. The van der Waals surface area contributed by atoms with Gasteiger partial charge in [-0.15, -0.1) is 24.0 Å². The third-order valence-electron chi connectivity index (χ3n) is 3.22. The van der Waals surface area contributed by atoms with Gasteiger partial charge < -0.3 is 20.1 Å². The van der Waals surface area contributed by atoms with Crippen LogP contribution in [-0.2, 0) is 11.3 Å². The Kier molecular flexibility index (Phi) is 11.3. The summed E-state index contributed by atoms with van der Waals surface area (Å²) >= 11 is 5.93. The molecule has 144 valence electrons. The normalized spacial score (nSPS) is 11.9. The monoisotopic (exact) mass is 491 g/mol. The van der Waals surface area contributed by atoms with Crippen LogP contribution in [0.1, 0.15) is 26.3 Å². The molecule has 0 spiro atoms. The molecule has 1 aromatic rings. The minimum absolute atomic E-state index is 0. The van der Waals surface area contributed by atoms with Crippen LogP contribution in [0.2, 0.25) is 5.02 Å². The summed E-state index contributed by atoms with van der Waals surface area (Å²) in [6.07, 6.45) is 0. The Morgan fingerprint density at radius 3 is 2.56 bits per heavy atom. The number of rotatable bonds is 8. The molecule has 0 saturated heterocycles. The molecule has 0 atom stereocenters. The van der Waals surface area contributed by atoms with Crippen LogP contribution >= 0.6 is 35.6 Å². The molecular weight excluding hydrogens is 467 g/mol. The molecule has 2 N–H and O–H groups in total. The van der Waals surface area contributed by atoms with Crippen molar-refractivity contribution in [2.24, 2.45) is 4.99 Å². The van der Waals surface area contributed by atoms with Gasteiger partial charge >= 0.3 is 6.61 Å². The minimum atomic E-state index is -2.90. The van der Waals surface area contributed by atoms with Crippen molar-refractivity contribution in [3.8, 4) is 5.75 Å². The van der Waals surface area contributed by atoms with Gasteiger partial charge in [-0.3, -0.25) is 0 Å². The molecule has 0 heterocycles. The van der Waals surface area contributed by atoms with Gasteiger partial charge in [-0.25, -0.2) is 4.99 Å². The van der Waals surface area contributed by atoms with Gasteiger partial charge in [0.25, 0.3) is 0 Å². The van der Waals surface area contributed by atoms with E-state index >= 15 is 0 Å². The van der Waals surface area contributed by atoms with E-state index in [1.165, 1.54) is 12.1 Å². The highest BCUT2D eigenvalue weighted by Gasteiger charge is 2.16. The zero-order valence-electron chi connectivity index (χ0n) is 14.7. The molecule has 0 saturated carbocycles. The fourth-order valence-electron chi connectivity index (χ4n) is 1.76. The van der Waals surface area contributed by atoms with Gasteiger partial charge in [0.2, 0.25) is 0 Å². The lowest BCUT2D eigenvalue weighted by Crippen LogP contribution is -2.45. The van der Waals surface area contributed by atoms with Crippen molar-refractivity contribution in [3.63, 3.8) is 0 Å². The van der Waals surface area contributed by atoms with Crippen LogP contribution in [-0.4, -0.2) is 38.4 Å². The van der Waals surface area contributed by atoms with Gasteiger partial charge in [0.1, 0.15) is 5.75 Å². The lowest BCUT2D eigenvalue weighted by Gasteiger charge is -2.24. The molecule has 0 aliphatic rings.